The summed E-state index contributed by atoms with van der Waals surface area (Å²) in [5.41, 5.74) is 1.93. The van der Waals surface area contributed by atoms with Crippen molar-refractivity contribution < 1.29 is 9.59 Å². The number of carbonyl (C=O) groups excluding carboxylic acids is 2. The molecule has 0 spiro atoms. The quantitative estimate of drug-likeness (QED) is 0.410. The van der Waals surface area contributed by atoms with Crippen molar-refractivity contribution in [3.05, 3.63) is 76.0 Å². The number of thiazole rings is 1. The van der Waals surface area contributed by atoms with Crippen molar-refractivity contribution in [1.82, 2.24) is 19.9 Å². The Kier molecular flexibility index (Phi) is 6.81. The third kappa shape index (κ3) is 5.37. The average molecular weight is 527 g/mol. The second kappa shape index (κ2) is 10.2. The van der Waals surface area contributed by atoms with E-state index in [9.17, 15) is 9.59 Å². The first kappa shape index (κ1) is 23.5. The minimum absolute atomic E-state index is 0.0560. The molecule has 0 aliphatic carbocycles. The fourth-order valence-corrected chi connectivity index (χ4v) is 4.96. The van der Waals surface area contributed by atoms with Crippen LogP contribution in [0.2, 0.25) is 10.0 Å². The molecule has 0 atom stereocenters. The summed E-state index contributed by atoms with van der Waals surface area (Å²) in [6.45, 7) is 2.54. The molecule has 11 heteroatoms. The molecule has 178 valence electrons. The van der Waals surface area contributed by atoms with Crippen molar-refractivity contribution in [2.24, 2.45) is 0 Å². The van der Waals surface area contributed by atoms with Crippen molar-refractivity contribution in [3.8, 4) is 0 Å². The largest absolute Gasteiger partial charge is 0.353 e. The summed E-state index contributed by atoms with van der Waals surface area (Å²) in [4.78, 5) is 42.2. The van der Waals surface area contributed by atoms with Gasteiger partial charge in [0.15, 0.2) is 10.8 Å². The highest BCUT2D eigenvalue weighted by atomic mass is 35.5. The fraction of sp³-hybridized carbons (Fsp3) is 0.208. The predicted molar refractivity (Wildman–Crippen MR) is 139 cm³/mol. The Balaban J connectivity index is 1.20. The van der Waals surface area contributed by atoms with E-state index in [2.05, 4.69) is 25.2 Å². The Morgan fingerprint density at radius 1 is 0.943 bits per heavy atom. The maximum atomic E-state index is 12.7. The molecule has 4 heterocycles. The number of nitrogens with one attached hydrogen (secondary N) is 1. The Hall–Kier alpha value is -3.27. The van der Waals surface area contributed by atoms with Gasteiger partial charge in [0.05, 0.1) is 21.2 Å². The van der Waals surface area contributed by atoms with E-state index in [1.54, 1.807) is 36.7 Å². The average Bonchev–Trinajstić information content (AvgIpc) is 3.28. The standard InChI is InChI=1S/C24H20Cl2N6O2S/c25-17-2-1-15(13-18(17)26)14-21(33)32-11-9-31(10-12-32)20-4-3-19-22(28-20)29-24(35-19)30-23(34)16-5-7-27-8-6-16/h1-8,13H,9-12,14H2,(H,28,29,30,34). The Labute approximate surface area is 215 Å². The van der Waals surface area contributed by atoms with E-state index >= 15 is 0 Å². The van der Waals surface area contributed by atoms with Crippen LogP contribution in [0.4, 0.5) is 10.9 Å². The number of nitrogens with zero attached hydrogens (tertiary/aromatic N) is 5. The van der Waals surface area contributed by atoms with Gasteiger partial charge in [0, 0.05) is 44.1 Å². The number of hydrogen-bond acceptors (Lipinski definition) is 7. The fourth-order valence-electron chi connectivity index (χ4n) is 3.83. The molecule has 1 fully saturated rings. The van der Waals surface area contributed by atoms with Gasteiger partial charge in [0.1, 0.15) is 5.82 Å². The zero-order valence-electron chi connectivity index (χ0n) is 18.4. The number of piperazine rings is 1. The molecule has 35 heavy (non-hydrogen) atoms. The number of fused-ring (bicyclic) bond motifs is 1. The lowest BCUT2D eigenvalue weighted by atomic mass is 10.1. The van der Waals surface area contributed by atoms with Crippen LogP contribution in [0, 0.1) is 0 Å². The molecule has 0 radical (unpaired) electrons. The normalized spacial score (nSPS) is 13.8. The highest BCUT2D eigenvalue weighted by molar-refractivity contribution is 7.22. The van der Waals surface area contributed by atoms with Crippen molar-refractivity contribution in [3.63, 3.8) is 0 Å². The highest BCUT2D eigenvalue weighted by Crippen LogP contribution is 2.28. The van der Waals surface area contributed by atoms with E-state index in [0.717, 1.165) is 16.1 Å². The summed E-state index contributed by atoms with van der Waals surface area (Å²) in [7, 11) is 0. The first-order valence-electron chi connectivity index (χ1n) is 10.9. The Morgan fingerprint density at radius 2 is 1.71 bits per heavy atom. The van der Waals surface area contributed by atoms with Crippen LogP contribution < -0.4 is 10.2 Å². The van der Waals surface area contributed by atoms with Gasteiger partial charge < -0.3 is 9.80 Å². The van der Waals surface area contributed by atoms with Gasteiger partial charge in [-0.2, -0.15) is 4.98 Å². The number of carbonyl (C=O) groups is 2. The monoisotopic (exact) mass is 526 g/mol. The summed E-state index contributed by atoms with van der Waals surface area (Å²) >= 11 is 13.4. The molecule has 1 saturated heterocycles. The summed E-state index contributed by atoms with van der Waals surface area (Å²) in [5, 5.41) is 4.23. The maximum Gasteiger partial charge on any atom is 0.257 e. The van der Waals surface area contributed by atoms with Crippen LogP contribution in [-0.2, 0) is 11.2 Å². The zero-order valence-corrected chi connectivity index (χ0v) is 20.8. The Bertz CT molecular complexity index is 1390. The van der Waals surface area contributed by atoms with Crippen LogP contribution in [0.5, 0.6) is 0 Å². The molecule has 2 amide bonds. The Morgan fingerprint density at radius 3 is 2.46 bits per heavy atom. The molecule has 1 aliphatic heterocycles. The van der Waals surface area contributed by atoms with Crippen molar-refractivity contribution in [2.75, 3.05) is 36.4 Å². The number of pyridine rings is 2. The first-order chi connectivity index (χ1) is 17.0. The number of hydrogen-bond donors (Lipinski definition) is 1. The molecule has 4 aromatic rings. The van der Waals surface area contributed by atoms with E-state index < -0.39 is 0 Å². The third-order valence-corrected chi connectivity index (χ3v) is 7.36. The molecule has 1 aliphatic rings. The second-order valence-electron chi connectivity index (χ2n) is 7.99. The molecule has 3 aromatic heterocycles. The second-order valence-corrected chi connectivity index (χ2v) is 9.84. The van der Waals surface area contributed by atoms with Gasteiger partial charge >= 0.3 is 0 Å². The molecular formula is C24H20Cl2N6O2S. The summed E-state index contributed by atoms with van der Waals surface area (Å²) in [6.07, 6.45) is 3.43. The third-order valence-electron chi connectivity index (χ3n) is 5.70. The molecule has 0 unspecified atom stereocenters. The molecule has 0 bridgehead atoms. The summed E-state index contributed by atoms with van der Waals surface area (Å²) in [6, 6.07) is 12.5. The van der Waals surface area contributed by atoms with Gasteiger partial charge in [-0.15, -0.1) is 0 Å². The SMILES string of the molecule is O=C(Nc1nc2nc(N3CCN(C(=O)Cc4ccc(Cl)c(Cl)c4)CC3)ccc2s1)c1ccncc1. The number of amides is 2. The molecule has 1 N–H and O–H groups in total. The van der Waals surface area contributed by atoms with Crippen LogP contribution >= 0.6 is 34.5 Å². The first-order valence-corrected chi connectivity index (χ1v) is 12.5. The molecular weight excluding hydrogens is 507 g/mol. The minimum Gasteiger partial charge on any atom is -0.353 e. The van der Waals surface area contributed by atoms with Gasteiger partial charge in [-0.05, 0) is 42.0 Å². The van der Waals surface area contributed by atoms with Crippen LogP contribution in [0.25, 0.3) is 10.3 Å². The lowest BCUT2D eigenvalue weighted by Crippen LogP contribution is -2.49. The van der Waals surface area contributed by atoms with Crippen molar-refractivity contribution in [2.45, 2.75) is 6.42 Å². The van der Waals surface area contributed by atoms with E-state index in [0.29, 0.717) is 52.6 Å². The lowest BCUT2D eigenvalue weighted by Gasteiger charge is -2.35. The maximum absolute atomic E-state index is 12.7. The number of anilines is 2. The predicted octanol–water partition coefficient (Wildman–Crippen LogP) is 4.54. The highest BCUT2D eigenvalue weighted by Gasteiger charge is 2.23. The number of rotatable bonds is 5. The molecule has 0 saturated carbocycles. The van der Waals surface area contributed by atoms with Gasteiger partial charge in [0.25, 0.3) is 5.91 Å². The summed E-state index contributed by atoms with van der Waals surface area (Å²) < 4.78 is 0.884. The summed E-state index contributed by atoms with van der Waals surface area (Å²) in [5.74, 6) is 0.611. The number of halogens is 2. The van der Waals surface area contributed by atoms with Crippen LogP contribution in [0.15, 0.2) is 54.9 Å². The van der Waals surface area contributed by atoms with E-state index in [-0.39, 0.29) is 18.2 Å². The minimum atomic E-state index is -0.242. The van der Waals surface area contributed by atoms with E-state index in [1.165, 1.54) is 11.3 Å². The van der Waals surface area contributed by atoms with Crippen molar-refractivity contribution in [1.29, 1.82) is 0 Å². The molecule has 8 nitrogen and oxygen atoms in total. The van der Waals surface area contributed by atoms with E-state index in [4.69, 9.17) is 23.2 Å². The van der Waals surface area contributed by atoms with Crippen LogP contribution in [-0.4, -0.2) is 57.8 Å². The number of aromatic nitrogens is 3. The van der Waals surface area contributed by atoms with Crippen LogP contribution in [0.1, 0.15) is 15.9 Å². The zero-order chi connectivity index (χ0) is 24.4. The smallest absolute Gasteiger partial charge is 0.257 e. The molecule has 1 aromatic carbocycles. The number of benzene rings is 1. The molecule has 5 rings (SSSR count). The van der Waals surface area contributed by atoms with Gasteiger partial charge in [0.2, 0.25) is 5.91 Å². The van der Waals surface area contributed by atoms with Crippen LogP contribution in [0.3, 0.4) is 0 Å². The van der Waals surface area contributed by atoms with Gasteiger partial charge in [-0.1, -0.05) is 40.6 Å². The van der Waals surface area contributed by atoms with E-state index in [1.807, 2.05) is 23.1 Å². The van der Waals surface area contributed by atoms with Gasteiger partial charge in [-0.25, -0.2) is 4.98 Å². The topological polar surface area (TPSA) is 91.3 Å². The van der Waals surface area contributed by atoms with Gasteiger partial charge in [-0.3, -0.25) is 19.9 Å². The van der Waals surface area contributed by atoms with Crippen molar-refractivity contribution >= 4 is 67.6 Å². The lowest BCUT2D eigenvalue weighted by molar-refractivity contribution is -0.130.